The summed E-state index contributed by atoms with van der Waals surface area (Å²) in [6.07, 6.45) is -0.395. The van der Waals surface area contributed by atoms with Gasteiger partial charge < -0.3 is 14.8 Å². The van der Waals surface area contributed by atoms with E-state index in [0.29, 0.717) is 17.3 Å². The molecule has 2 aromatic rings. The minimum Gasteiger partial charge on any atom is -0.395 e. The van der Waals surface area contributed by atoms with E-state index < -0.39 is 6.29 Å². The summed E-state index contributed by atoms with van der Waals surface area (Å²) >= 11 is 0. The van der Waals surface area contributed by atoms with Crippen molar-refractivity contribution < 1.29 is 18.3 Å². The van der Waals surface area contributed by atoms with Gasteiger partial charge in [-0.05, 0) is 31.5 Å². The fraction of sp³-hybridized carbons (Fsp3) is 0.500. The lowest BCUT2D eigenvalue weighted by atomic mass is 9.97. The van der Waals surface area contributed by atoms with Crippen LogP contribution in [0.25, 0.3) is 11.3 Å². The third kappa shape index (κ3) is 2.64. The molecule has 8 heteroatoms. The maximum absolute atomic E-state index is 13.5. The Hall–Kier alpha value is -2.19. The summed E-state index contributed by atoms with van der Waals surface area (Å²) in [5.74, 6) is 0.108. The number of piperidine rings is 1. The van der Waals surface area contributed by atoms with Gasteiger partial charge in [0.2, 0.25) is 0 Å². The van der Waals surface area contributed by atoms with E-state index in [4.69, 9.17) is 4.74 Å². The second kappa shape index (κ2) is 5.92. The number of aromatic nitrogens is 2. The van der Waals surface area contributed by atoms with Crippen LogP contribution in [0.5, 0.6) is 11.5 Å². The van der Waals surface area contributed by atoms with Crippen molar-refractivity contribution in [3.05, 3.63) is 29.5 Å². The maximum Gasteiger partial charge on any atom is 0.586 e. The van der Waals surface area contributed by atoms with Gasteiger partial charge in [-0.25, -0.2) is 0 Å². The second-order valence-electron chi connectivity index (χ2n) is 7.05. The predicted octanol–water partition coefficient (Wildman–Crippen LogP) is 2.51. The van der Waals surface area contributed by atoms with Crippen LogP contribution < -0.4 is 14.8 Å². The summed E-state index contributed by atoms with van der Waals surface area (Å²) in [6.45, 7) is 3.81. The van der Waals surface area contributed by atoms with E-state index in [-0.39, 0.29) is 11.5 Å². The highest BCUT2D eigenvalue weighted by Crippen LogP contribution is 2.47. The largest absolute Gasteiger partial charge is 0.586 e. The van der Waals surface area contributed by atoms with Crippen molar-refractivity contribution in [2.24, 2.45) is 0 Å². The lowest BCUT2D eigenvalue weighted by Gasteiger charge is -2.37. The number of nitrogens with zero attached hydrogens (tertiary/aromatic N) is 2. The summed E-state index contributed by atoms with van der Waals surface area (Å²) in [5, 5.41) is 11.0. The number of aromatic amines is 1. The molecule has 0 saturated carbocycles. The molecule has 0 aliphatic carbocycles. The van der Waals surface area contributed by atoms with Crippen molar-refractivity contribution in [2.45, 2.75) is 38.1 Å². The van der Waals surface area contributed by atoms with E-state index in [1.165, 1.54) is 18.9 Å². The molecule has 1 atom stereocenters. The molecule has 4 heterocycles. The molecule has 1 aromatic heterocycles. The first-order valence-corrected chi connectivity index (χ1v) is 9.01. The first-order chi connectivity index (χ1) is 12.6. The van der Waals surface area contributed by atoms with Crippen LogP contribution in [-0.4, -0.2) is 47.1 Å². The van der Waals surface area contributed by atoms with Crippen molar-refractivity contribution >= 4 is 0 Å². The molecule has 0 unspecified atom stereocenters. The molecular formula is C18H20F2N4O2. The van der Waals surface area contributed by atoms with Crippen LogP contribution in [0.15, 0.2) is 18.2 Å². The highest BCUT2D eigenvalue weighted by Gasteiger charge is 2.45. The first kappa shape index (κ1) is 16.0. The van der Waals surface area contributed by atoms with E-state index >= 15 is 0 Å². The molecule has 3 aliphatic rings. The molecule has 0 spiro atoms. The average molecular weight is 362 g/mol. The zero-order chi connectivity index (χ0) is 17.7. The highest BCUT2D eigenvalue weighted by atomic mass is 19.3. The topological polar surface area (TPSA) is 62.4 Å². The zero-order valence-corrected chi connectivity index (χ0v) is 14.2. The Balaban J connectivity index is 1.49. The lowest BCUT2D eigenvalue weighted by molar-refractivity contribution is -0.286. The summed E-state index contributed by atoms with van der Waals surface area (Å²) in [5.41, 5.74) is 3.35. The third-order valence-corrected chi connectivity index (χ3v) is 5.43. The smallest absolute Gasteiger partial charge is 0.395 e. The van der Waals surface area contributed by atoms with Crippen LogP contribution >= 0.6 is 0 Å². The number of fused-ring (bicyclic) bond motifs is 2. The molecule has 3 aliphatic heterocycles. The van der Waals surface area contributed by atoms with Crippen molar-refractivity contribution in [3.8, 4) is 22.8 Å². The molecule has 1 saturated heterocycles. The van der Waals surface area contributed by atoms with Crippen molar-refractivity contribution in [1.29, 1.82) is 0 Å². The van der Waals surface area contributed by atoms with Crippen LogP contribution in [0.2, 0.25) is 0 Å². The average Bonchev–Trinajstić information content (AvgIpc) is 3.20. The van der Waals surface area contributed by atoms with Crippen LogP contribution in [0.4, 0.5) is 8.78 Å². The van der Waals surface area contributed by atoms with E-state index in [1.807, 2.05) is 0 Å². The number of halogens is 2. The van der Waals surface area contributed by atoms with Gasteiger partial charge in [0.15, 0.2) is 11.5 Å². The van der Waals surface area contributed by atoms with Gasteiger partial charge in [0, 0.05) is 48.9 Å². The Bertz CT molecular complexity index is 833. The van der Waals surface area contributed by atoms with Gasteiger partial charge in [-0.3, -0.25) is 10.00 Å². The quantitative estimate of drug-likeness (QED) is 0.860. The number of para-hydroxylation sites is 1. The molecule has 26 heavy (non-hydrogen) atoms. The van der Waals surface area contributed by atoms with Crippen molar-refractivity contribution in [3.63, 3.8) is 0 Å². The standard InChI is InChI=1S/C18H20F2N4O2/c19-18(20)25-15-5-1-4-12(17(15)26-18)16-13-10-24(8-6-14(13)22-23-16)11-3-2-7-21-9-11/h1,4-5,11,21H,2-3,6-10H2,(H,22,23)/t11-/m1/s1. The molecule has 1 aromatic carbocycles. The van der Waals surface area contributed by atoms with E-state index in [1.54, 1.807) is 12.1 Å². The molecule has 0 bridgehead atoms. The number of nitrogens with one attached hydrogen (secondary N) is 2. The SMILES string of the molecule is FC1(F)Oc2cccc(-c3n[nH]c4c3CN([C@@H]3CCCNC3)CC4)c2O1. The first-order valence-electron chi connectivity index (χ1n) is 9.01. The van der Waals surface area contributed by atoms with Crippen LogP contribution in [0.3, 0.4) is 0 Å². The Morgan fingerprint density at radius 2 is 2.19 bits per heavy atom. The molecule has 0 radical (unpaired) electrons. The van der Waals surface area contributed by atoms with Gasteiger partial charge in [0.1, 0.15) is 5.69 Å². The number of H-pyrrole nitrogens is 1. The van der Waals surface area contributed by atoms with Crippen LogP contribution in [-0.2, 0) is 13.0 Å². The summed E-state index contributed by atoms with van der Waals surface area (Å²) in [6, 6.07) is 5.43. The lowest BCUT2D eigenvalue weighted by Crippen LogP contribution is -2.47. The van der Waals surface area contributed by atoms with Gasteiger partial charge in [-0.15, -0.1) is 8.78 Å². The van der Waals surface area contributed by atoms with Gasteiger partial charge in [0.25, 0.3) is 0 Å². The maximum atomic E-state index is 13.5. The molecular weight excluding hydrogens is 342 g/mol. The van der Waals surface area contributed by atoms with Gasteiger partial charge in [0.05, 0.1) is 0 Å². The zero-order valence-electron chi connectivity index (χ0n) is 14.2. The van der Waals surface area contributed by atoms with Crippen molar-refractivity contribution in [2.75, 3.05) is 19.6 Å². The monoisotopic (exact) mass is 362 g/mol. The van der Waals surface area contributed by atoms with Crippen LogP contribution in [0.1, 0.15) is 24.1 Å². The highest BCUT2D eigenvalue weighted by molar-refractivity contribution is 5.74. The molecule has 2 N–H and O–H groups in total. The molecule has 0 amide bonds. The fourth-order valence-electron chi connectivity index (χ4n) is 4.15. The Kier molecular flexibility index (Phi) is 3.65. The van der Waals surface area contributed by atoms with Gasteiger partial charge >= 0.3 is 6.29 Å². The number of hydrogen-bond acceptors (Lipinski definition) is 5. The Morgan fingerprint density at radius 3 is 3.04 bits per heavy atom. The fourth-order valence-corrected chi connectivity index (χ4v) is 4.15. The second-order valence-corrected chi connectivity index (χ2v) is 7.05. The minimum atomic E-state index is -3.63. The van der Waals surface area contributed by atoms with E-state index in [9.17, 15) is 8.78 Å². The number of benzene rings is 1. The van der Waals surface area contributed by atoms with E-state index in [2.05, 4.69) is 25.2 Å². The number of hydrogen-bond donors (Lipinski definition) is 2. The molecule has 5 rings (SSSR count). The summed E-state index contributed by atoms with van der Waals surface area (Å²) in [4.78, 5) is 2.46. The van der Waals surface area contributed by atoms with Crippen LogP contribution in [0, 0.1) is 0 Å². The van der Waals surface area contributed by atoms with Crippen molar-refractivity contribution in [1.82, 2.24) is 20.4 Å². The summed E-state index contributed by atoms with van der Waals surface area (Å²) < 4.78 is 36.4. The molecule has 1 fully saturated rings. The summed E-state index contributed by atoms with van der Waals surface area (Å²) in [7, 11) is 0. The minimum absolute atomic E-state index is 0.0494. The Morgan fingerprint density at radius 1 is 1.27 bits per heavy atom. The van der Waals surface area contributed by atoms with E-state index in [0.717, 1.165) is 43.9 Å². The number of ether oxygens (including phenoxy) is 2. The van der Waals surface area contributed by atoms with Gasteiger partial charge in [-0.2, -0.15) is 5.10 Å². The Labute approximate surface area is 149 Å². The number of rotatable bonds is 2. The normalized spacial score (nSPS) is 24.5. The predicted molar refractivity (Wildman–Crippen MR) is 90.2 cm³/mol. The molecule has 6 nitrogen and oxygen atoms in total. The molecule has 138 valence electrons. The van der Waals surface area contributed by atoms with Gasteiger partial charge in [-0.1, -0.05) is 6.07 Å². The third-order valence-electron chi connectivity index (χ3n) is 5.43. The number of alkyl halides is 2.